The highest BCUT2D eigenvalue weighted by Crippen LogP contribution is 2.22. The summed E-state index contributed by atoms with van der Waals surface area (Å²) in [5.74, 6) is 1.57. The summed E-state index contributed by atoms with van der Waals surface area (Å²) in [6, 6.07) is 6.35. The second-order valence-electron chi connectivity index (χ2n) is 4.82. The average molecular weight is 251 g/mol. The number of methoxy groups -OCH3 is 2. The molecule has 0 saturated heterocycles. The van der Waals surface area contributed by atoms with Crippen molar-refractivity contribution in [3.8, 4) is 5.75 Å². The molecular weight excluding hydrogens is 226 g/mol. The monoisotopic (exact) mass is 251 g/mol. The lowest BCUT2D eigenvalue weighted by atomic mass is 9.99. The molecule has 3 nitrogen and oxygen atoms in total. The molecule has 0 radical (unpaired) electrons. The summed E-state index contributed by atoms with van der Waals surface area (Å²) in [7, 11) is 3.46. The first-order chi connectivity index (χ1) is 8.67. The molecule has 0 aliphatic heterocycles. The number of hydrogen-bond donors (Lipinski definition) is 1. The fraction of sp³-hybridized carbons (Fsp3) is 0.600. The lowest BCUT2D eigenvalue weighted by Crippen LogP contribution is -2.25. The largest absolute Gasteiger partial charge is 0.496 e. The third-order valence-corrected chi connectivity index (χ3v) is 2.98. The molecule has 0 fully saturated rings. The maximum atomic E-state index is 5.40. The Morgan fingerprint density at radius 2 is 2.06 bits per heavy atom. The summed E-state index contributed by atoms with van der Waals surface area (Å²) in [4.78, 5) is 0. The van der Waals surface area contributed by atoms with Gasteiger partial charge in [-0.25, -0.2) is 0 Å². The summed E-state index contributed by atoms with van der Waals surface area (Å²) in [6.07, 6.45) is 1.03. The van der Waals surface area contributed by atoms with Crippen molar-refractivity contribution in [3.63, 3.8) is 0 Å². The van der Waals surface area contributed by atoms with E-state index in [1.165, 1.54) is 11.1 Å². The summed E-state index contributed by atoms with van der Waals surface area (Å²) < 4.78 is 10.4. The maximum Gasteiger partial charge on any atom is 0.122 e. The quantitative estimate of drug-likeness (QED) is 0.720. The van der Waals surface area contributed by atoms with E-state index in [9.17, 15) is 0 Å². The normalized spacial score (nSPS) is 12.4. The van der Waals surface area contributed by atoms with Crippen LogP contribution in [0.25, 0.3) is 0 Å². The van der Waals surface area contributed by atoms with Gasteiger partial charge in [-0.2, -0.15) is 0 Å². The second-order valence-corrected chi connectivity index (χ2v) is 4.82. The van der Waals surface area contributed by atoms with E-state index in [4.69, 9.17) is 9.47 Å². The molecule has 0 aromatic heterocycles. The molecule has 0 amide bonds. The molecule has 0 heterocycles. The van der Waals surface area contributed by atoms with E-state index in [1.54, 1.807) is 14.2 Å². The van der Waals surface area contributed by atoms with Gasteiger partial charge in [0.25, 0.3) is 0 Å². The van der Waals surface area contributed by atoms with Gasteiger partial charge in [0, 0.05) is 13.7 Å². The molecule has 0 bridgehead atoms. The number of nitrogens with one attached hydrogen (secondary N) is 1. The Bertz CT molecular complexity index is 352. The molecule has 18 heavy (non-hydrogen) atoms. The maximum absolute atomic E-state index is 5.40. The molecule has 0 spiro atoms. The SMILES string of the molecule is COCCNCC(C)Cc1cc(C)ccc1OC. The Balaban J connectivity index is 2.47. The lowest BCUT2D eigenvalue weighted by Gasteiger charge is -2.15. The summed E-state index contributed by atoms with van der Waals surface area (Å²) in [5.41, 5.74) is 2.57. The highest BCUT2D eigenvalue weighted by Gasteiger charge is 2.08. The van der Waals surface area contributed by atoms with Gasteiger partial charge in [-0.15, -0.1) is 0 Å². The van der Waals surface area contributed by atoms with Crippen LogP contribution in [0.4, 0.5) is 0 Å². The van der Waals surface area contributed by atoms with Gasteiger partial charge in [0.2, 0.25) is 0 Å². The Hall–Kier alpha value is -1.06. The molecular formula is C15H25NO2. The van der Waals surface area contributed by atoms with Crippen molar-refractivity contribution in [1.82, 2.24) is 5.32 Å². The van der Waals surface area contributed by atoms with Crippen LogP contribution in [0.5, 0.6) is 5.75 Å². The molecule has 1 aromatic carbocycles. The molecule has 1 unspecified atom stereocenters. The molecule has 0 aliphatic carbocycles. The number of ether oxygens (including phenoxy) is 2. The highest BCUT2D eigenvalue weighted by atomic mass is 16.5. The number of hydrogen-bond acceptors (Lipinski definition) is 3. The van der Waals surface area contributed by atoms with Crippen LogP contribution in [-0.4, -0.2) is 33.9 Å². The van der Waals surface area contributed by atoms with Crippen molar-refractivity contribution >= 4 is 0 Å². The fourth-order valence-corrected chi connectivity index (χ4v) is 2.04. The minimum absolute atomic E-state index is 0.581. The highest BCUT2D eigenvalue weighted by molar-refractivity contribution is 5.37. The van der Waals surface area contributed by atoms with Gasteiger partial charge < -0.3 is 14.8 Å². The molecule has 1 rings (SSSR count). The summed E-state index contributed by atoms with van der Waals surface area (Å²) in [5, 5.41) is 3.39. The van der Waals surface area contributed by atoms with Crippen molar-refractivity contribution in [2.24, 2.45) is 5.92 Å². The van der Waals surface area contributed by atoms with Crippen LogP contribution in [0.2, 0.25) is 0 Å². The zero-order chi connectivity index (χ0) is 13.4. The van der Waals surface area contributed by atoms with Crippen molar-refractivity contribution in [1.29, 1.82) is 0 Å². The molecule has 3 heteroatoms. The number of aryl methyl sites for hydroxylation is 1. The van der Waals surface area contributed by atoms with E-state index in [1.807, 2.05) is 0 Å². The Labute approximate surface area is 110 Å². The Morgan fingerprint density at radius 1 is 1.28 bits per heavy atom. The van der Waals surface area contributed by atoms with E-state index in [0.29, 0.717) is 5.92 Å². The van der Waals surface area contributed by atoms with Crippen LogP contribution >= 0.6 is 0 Å². The Morgan fingerprint density at radius 3 is 2.72 bits per heavy atom. The van der Waals surface area contributed by atoms with E-state index in [-0.39, 0.29) is 0 Å². The molecule has 1 aromatic rings. The average Bonchev–Trinajstić information content (AvgIpc) is 2.35. The van der Waals surface area contributed by atoms with Crippen molar-refractivity contribution in [2.45, 2.75) is 20.3 Å². The van der Waals surface area contributed by atoms with Crippen molar-refractivity contribution in [2.75, 3.05) is 33.9 Å². The minimum Gasteiger partial charge on any atom is -0.496 e. The van der Waals surface area contributed by atoms with Crippen LogP contribution in [0, 0.1) is 12.8 Å². The van der Waals surface area contributed by atoms with Crippen molar-refractivity contribution in [3.05, 3.63) is 29.3 Å². The smallest absolute Gasteiger partial charge is 0.122 e. The van der Waals surface area contributed by atoms with Gasteiger partial charge in [0.15, 0.2) is 0 Å². The van der Waals surface area contributed by atoms with Gasteiger partial charge in [0.05, 0.1) is 13.7 Å². The van der Waals surface area contributed by atoms with Gasteiger partial charge in [-0.05, 0) is 37.4 Å². The van der Waals surface area contributed by atoms with Crippen LogP contribution in [0.3, 0.4) is 0 Å². The minimum atomic E-state index is 0.581. The lowest BCUT2D eigenvalue weighted by molar-refractivity contribution is 0.198. The first-order valence-corrected chi connectivity index (χ1v) is 6.50. The van der Waals surface area contributed by atoms with E-state index in [2.05, 4.69) is 37.4 Å². The van der Waals surface area contributed by atoms with Gasteiger partial charge in [0.1, 0.15) is 5.75 Å². The predicted octanol–water partition coefficient (Wildman–Crippen LogP) is 2.42. The summed E-state index contributed by atoms with van der Waals surface area (Å²) >= 11 is 0. The zero-order valence-electron chi connectivity index (χ0n) is 12.0. The van der Waals surface area contributed by atoms with E-state index >= 15 is 0 Å². The number of benzene rings is 1. The van der Waals surface area contributed by atoms with Crippen LogP contribution in [0.1, 0.15) is 18.1 Å². The van der Waals surface area contributed by atoms with Gasteiger partial charge >= 0.3 is 0 Å². The summed E-state index contributed by atoms with van der Waals surface area (Å²) in [6.45, 7) is 7.04. The fourth-order valence-electron chi connectivity index (χ4n) is 2.04. The third-order valence-electron chi connectivity index (χ3n) is 2.98. The van der Waals surface area contributed by atoms with E-state index in [0.717, 1.165) is 31.9 Å². The molecule has 102 valence electrons. The number of rotatable bonds is 8. The van der Waals surface area contributed by atoms with Crippen LogP contribution in [0.15, 0.2) is 18.2 Å². The molecule has 0 aliphatic rings. The van der Waals surface area contributed by atoms with Gasteiger partial charge in [-0.3, -0.25) is 0 Å². The van der Waals surface area contributed by atoms with E-state index < -0.39 is 0 Å². The second kappa shape index (κ2) is 8.11. The van der Waals surface area contributed by atoms with Crippen molar-refractivity contribution < 1.29 is 9.47 Å². The van der Waals surface area contributed by atoms with Crippen LogP contribution < -0.4 is 10.1 Å². The molecule has 0 saturated carbocycles. The van der Waals surface area contributed by atoms with Gasteiger partial charge in [-0.1, -0.05) is 24.6 Å². The first-order valence-electron chi connectivity index (χ1n) is 6.50. The topological polar surface area (TPSA) is 30.5 Å². The predicted molar refractivity (Wildman–Crippen MR) is 75.3 cm³/mol. The third kappa shape index (κ3) is 5.07. The molecule has 1 N–H and O–H groups in total. The first kappa shape index (κ1) is 15.0. The Kier molecular flexibility index (Phi) is 6.76. The zero-order valence-corrected chi connectivity index (χ0v) is 12.0. The standard InChI is InChI=1S/C15H25NO2/c1-12-5-6-15(18-4)14(9-12)10-13(2)11-16-7-8-17-3/h5-6,9,13,16H,7-8,10-11H2,1-4H3. The molecule has 1 atom stereocenters. The van der Waals surface area contributed by atoms with Crippen LogP contribution in [-0.2, 0) is 11.2 Å².